The van der Waals surface area contributed by atoms with E-state index in [-0.39, 0.29) is 73.4 Å². The highest BCUT2D eigenvalue weighted by Crippen LogP contribution is 2.38. The Hall–Kier alpha value is -3.50. The zero-order valence-corrected chi connectivity index (χ0v) is 22.9. The number of hydrogen-bond acceptors (Lipinski definition) is 5. The molecule has 2 atom stereocenters. The molecule has 5 rings (SSSR count). The molecule has 202 valence electrons. The molecule has 0 spiro atoms. The molecule has 2 fully saturated rings. The maximum absolute atomic E-state index is 14.9. The van der Waals surface area contributed by atoms with E-state index in [1.165, 1.54) is 18.5 Å². The van der Waals surface area contributed by atoms with Crippen LogP contribution in [0.2, 0.25) is 0 Å². The Labute approximate surface area is 232 Å². The largest absolute Gasteiger partial charge is 0.373 e. The number of hydrogen-bond donors (Lipinski definition) is 2. The topological polar surface area (TPSA) is 111 Å². The molecule has 1 saturated carbocycles. The first-order chi connectivity index (χ1) is 17.2. The third-order valence-corrected chi connectivity index (χ3v) is 6.75. The van der Waals surface area contributed by atoms with Gasteiger partial charge in [-0.15, -0.1) is 0 Å². The molecule has 0 bridgehead atoms. The number of aromatic nitrogens is 4. The lowest BCUT2D eigenvalue weighted by molar-refractivity contribution is -0.126. The number of rotatable bonds is 5. The average molecular weight is 562 g/mol. The number of imidazole rings is 1. The first-order valence-corrected chi connectivity index (χ1v) is 11.6. The normalized spacial score (nSPS) is 18.3. The summed E-state index contributed by atoms with van der Waals surface area (Å²) in [5.74, 6) is 2.57. The van der Waals surface area contributed by atoms with Gasteiger partial charge in [-0.25, -0.2) is 18.4 Å². The summed E-state index contributed by atoms with van der Waals surface area (Å²) >= 11 is 0. The number of halogens is 2. The van der Waals surface area contributed by atoms with Crippen molar-refractivity contribution in [1.29, 1.82) is 0 Å². The third kappa shape index (κ3) is 4.86. The van der Waals surface area contributed by atoms with Crippen molar-refractivity contribution in [2.75, 3.05) is 18.9 Å². The Morgan fingerprint density at radius 3 is 2.53 bits per heavy atom. The molecule has 3 aromatic rings. The van der Waals surface area contributed by atoms with E-state index >= 15 is 0 Å². The van der Waals surface area contributed by atoms with Crippen LogP contribution < -0.4 is 11.1 Å². The summed E-state index contributed by atoms with van der Waals surface area (Å²) in [4.78, 5) is 30.4. The summed E-state index contributed by atoms with van der Waals surface area (Å²) in [5, 5.41) is 7.42. The van der Waals surface area contributed by atoms with Crippen LogP contribution in [-0.2, 0) is 4.79 Å². The van der Waals surface area contributed by atoms with Gasteiger partial charge >= 0.3 is 0 Å². The number of carbonyl (C=O) groups is 2. The van der Waals surface area contributed by atoms with E-state index in [1.807, 2.05) is 6.92 Å². The van der Waals surface area contributed by atoms with Crippen molar-refractivity contribution in [3.63, 3.8) is 0 Å². The molecule has 2 aliphatic rings. The van der Waals surface area contributed by atoms with Gasteiger partial charge < -0.3 is 20.5 Å². The van der Waals surface area contributed by atoms with E-state index in [1.54, 1.807) is 21.2 Å². The van der Waals surface area contributed by atoms with Crippen molar-refractivity contribution in [1.82, 2.24) is 24.2 Å². The number of benzene rings is 1. The fraction of sp³-hybridized carbons (Fsp3) is 0.360. The van der Waals surface area contributed by atoms with Gasteiger partial charge in [0.2, 0.25) is 5.91 Å². The lowest BCUT2D eigenvalue weighted by Crippen LogP contribution is -2.32. The first kappa shape index (κ1) is 29.1. The monoisotopic (exact) mass is 561 g/mol. The van der Waals surface area contributed by atoms with Gasteiger partial charge in [-0.2, -0.15) is 32.1 Å². The smallest absolute Gasteiger partial charge is 0.255 e. The molecule has 1 aliphatic heterocycles. The Bertz CT molecular complexity index is 1490. The van der Waals surface area contributed by atoms with Gasteiger partial charge in [0, 0.05) is 25.7 Å². The molecule has 1 saturated heterocycles. The van der Waals surface area contributed by atoms with Gasteiger partial charge in [0.1, 0.15) is 16.9 Å². The fourth-order valence-corrected chi connectivity index (χ4v) is 4.84. The third-order valence-electron chi connectivity index (χ3n) is 6.75. The second-order valence-electron chi connectivity index (χ2n) is 9.12. The van der Waals surface area contributed by atoms with Crippen LogP contribution in [0.4, 0.5) is 14.6 Å². The fourth-order valence-electron chi connectivity index (χ4n) is 4.84. The molecule has 3 heterocycles. The minimum Gasteiger partial charge on any atom is -0.373 e. The van der Waals surface area contributed by atoms with Gasteiger partial charge in [0.25, 0.3) is 5.91 Å². The number of nitrogens with two attached hydrogens (primary N) is 1. The zero-order valence-electron chi connectivity index (χ0n) is 20.9. The van der Waals surface area contributed by atoms with E-state index in [9.17, 15) is 18.4 Å². The Balaban J connectivity index is 0.00000200. The predicted octanol–water partition coefficient (Wildman–Crippen LogP) is 2.96. The maximum atomic E-state index is 14.9. The number of anilines is 1. The van der Waals surface area contributed by atoms with Crippen molar-refractivity contribution >= 4 is 55.7 Å². The summed E-state index contributed by atoms with van der Waals surface area (Å²) in [5.41, 5.74) is 5.91. The SMILES string of the molecule is C=CC(=O)N1C[C@@H](n2nc(C#Cc3cc4ncn(C5CC5)c4c(F)c3F)c(C(N)=O)c2NC)C[C@@H]1C.S.S. The average Bonchev–Trinajstić information content (AvgIpc) is 3.32. The Morgan fingerprint density at radius 1 is 1.21 bits per heavy atom. The molecule has 2 amide bonds. The van der Waals surface area contributed by atoms with Crippen LogP contribution in [0.3, 0.4) is 0 Å². The zero-order chi connectivity index (χ0) is 25.7. The van der Waals surface area contributed by atoms with E-state index < -0.39 is 17.5 Å². The highest BCUT2D eigenvalue weighted by Gasteiger charge is 2.35. The number of primary amides is 1. The molecule has 9 nitrogen and oxygen atoms in total. The summed E-state index contributed by atoms with van der Waals surface area (Å²) in [6, 6.07) is 1.20. The van der Waals surface area contributed by atoms with E-state index in [0.29, 0.717) is 24.3 Å². The van der Waals surface area contributed by atoms with E-state index in [2.05, 4.69) is 33.8 Å². The van der Waals surface area contributed by atoms with E-state index in [4.69, 9.17) is 5.73 Å². The number of fused-ring (bicyclic) bond motifs is 1. The van der Waals surface area contributed by atoms with Gasteiger partial charge in [0.05, 0.1) is 23.4 Å². The van der Waals surface area contributed by atoms with Crippen molar-refractivity contribution in [2.45, 2.75) is 44.3 Å². The maximum Gasteiger partial charge on any atom is 0.255 e. The summed E-state index contributed by atoms with van der Waals surface area (Å²) in [6.07, 6.45) is 5.16. The lowest BCUT2D eigenvalue weighted by atomic mass is 10.1. The van der Waals surface area contributed by atoms with Crippen LogP contribution in [0.5, 0.6) is 0 Å². The molecule has 2 aromatic heterocycles. The van der Waals surface area contributed by atoms with Crippen LogP contribution in [0, 0.1) is 23.5 Å². The Morgan fingerprint density at radius 2 is 1.92 bits per heavy atom. The molecule has 0 radical (unpaired) electrons. The first-order valence-electron chi connectivity index (χ1n) is 11.6. The number of nitrogens with one attached hydrogen (secondary N) is 1. The minimum atomic E-state index is -1.09. The Kier molecular flexibility index (Phi) is 8.48. The molecule has 3 N–H and O–H groups in total. The molecule has 0 unspecified atom stereocenters. The minimum absolute atomic E-state index is 0. The number of amides is 2. The van der Waals surface area contributed by atoms with Gasteiger partial charge in [-0.3, -0.25) is 9.59 Å². The second kappa shape index (κ2) is 11.1. The molecule has 1 aliphatic carbocycles. The van der Waals surface area contributed by atoms with Gasteiger partial charge in [0.15, 0.2) is 17.3 Å². The van der Waals surface area contributed by atoms with E-state index in [0.717, 1.165) is 12.8 Å². The van der Waals surface area contributed by atoms with Crippen molar-refractivity contribution in [2.24, 2.45) is 5.73 Å². The summed E-state index contributed by atoms with van der Waals surface area (Å²) in [6.45, 7) is 5.81. The lowest BCUT2D eigenvalue weighted by Gasteiger charge is -2.19. The standard InChI is InChI=1S/C25H25F2N7O2.2H2S/c1-4-19(35)32-11-16(9-13(32)2)34-25(29-3)20(24(28)36)17(31-34)8-5-14-10-18-23(22(27)21(14)26)33(12-30-18)15-6-7-15;;/h4,10,12-13,15-16,29H,1,6-7,9,11H2,2-3H3,(H2,28,36);2*1H2/t13-,16-;;/m0../s1. The summed E-state index contributed by atoms with van der Waals surface area (Å²) in [7, 11) is 1.61. The molecular weight excluding hydrogens is 532 g/mol. The van der Waals surface area contributed by atoms with Crippen LogP contribution in [0.1, 0.15) is 59.9 Å². The highest BCUT2D eigenvalue weighted by molar-refractivity contribution is 7.59. The van der Waals surface area contributed by atoms with Crippen molar-refractivity contribution < 1.29 is 18.4 Å². The number of carbonyl (C=O) groups excluding carboxylic acids is 2. The van der Waals surface area contributed by atoms with Gasteiger partial charge in [-0.1, -0.05) is 12.5 Å². The highest BCUT2D eigenvalue weighted by atomic mass is 32.1. The quantitative estimate of drug-likeness (QED) is 0.368. The second-order valence-corrected chi connectivity index (χ2v) is 9.12. The van der Waals surface area contributed by atoms with Crippen LogP contribution >= 0.6 is 27.0 Å². The predicted molar refractivity (Wildman–Crippen MR) is 150 cm³/mol. The van der Waals surface area contributed by atoms with Crippen LogP contribution in [-0.4, -0.2) is 55.7 Å². The molecule has 1 aromatic carbocycles. The number of nitrogens with zero attached hydrogens (tertiary/aromatic N) is 5. The van der Waals surface area contributed by atoms with Crippen LogP contribution in [0.15, 0.2) is 25.0 Å². The molecule has 38 heavy (non-hydrogen) atoms. The van der Waals surface area contributed by atoms with Crippen LogP contribution in [0.25, 0.3) is 11.0 Å². The van der Waals surface area contributed by atoms with Crippen molar-refractivity contribution in [3.05, 3.63) is 53.5 Å². The number of likely N-dealkylation sites (tertiary alicyclic amines) is 1. The summed E-state index contributed by atoms with van der Waals surface area (Å²) < 4.78 is 33.1. The van der Waals surface area contributed by atoms with Crippen molar-refractivity contribution in [3.8, 4) is 11.8 Å². The molecular formula is C25H29F2N7O2S2. The molecule has 13 heteroatoms. The van der Waals surface area contributed by atoms with Gasteiger partial charge in [-0.05, 0) is 44.2 Å².